The number of aromatic nitrogens is 1. The highest BCUT2D eigenvalue weighted by Gasteiger charge is 2.43. The van der Waals surface area contributed by atoms with Crippen molar-refractivity contribution < 1.29 is 19.4 Å². The van der Waals surface area contributed by atoms with Crippen molar-refractivity contribution in [1.29, 1.82) is 0 Å². The lowest BCUT2D eigenvalue weighted by Gasteiger charge is -2.40. The number of likely N-dealkylation sites (tertiary alicyclic amines) is 1. The lowest BCUT2D eigenvalue weighted by atomic mass is 9.77. The van der Waals surface area contributed by atoms with Gasteiger partial charge in [0.15, 0.2) is 0 Å². The van der Waals surface area contributed by atoms with Crippen LogP contribution in [0, 0.1) is 5.41 Å². The van der Waals surface area contributed by atoms with E-state index in [1.54, 1.807) is 24.4 Å². The van der Waals surface area contributed by atoms with Gasteiger partial charge in [-0.05, 0) is 44.0 Å². The van der Waals surface area contributed by atoms with Crippen LogP contribution in [0.2, 0.25) is 0 Å². The Kier molecular flexibility index (Phi) is 6.90. The molecule has 25 heavy (non-hydrogen) atoms. The number of carboxylic acids is 1. The summed E-state index contributed by atoms with van der Waals surface area (Å²) in [6, 6.07) is 3.84. The van der Waals surface area contributed by atoms with Crippen LogP contribution in [-0.4, -0.2) is 72.2 Å². The lowest BCUT2D eigenvalue weighted by molar-refractivity contribution is -0.156. The maximum atomic E-state index is 12.6. The Balaban J connectivity index is 1.95. The van der Waals surface area contributed by atoms with Crippen molar-refractivity contribution in [3.05, 3.63) is 30.1 Å². The minimum Gasteiger partial charge on any atom is -0.481 e. The van der Waals surface area contributed by atoms with E-state index in [2.05, 4.69) is 4.98 Å². The molecule has 1 aliphatic rings. The second kappa shape index (κ2) is 8.92. The Morgan fingerprint density at radius 3 is 2.76 bits per heavy atom. The highest BCUT2D eigenvalue weighted by molar-refractivity contribution is 5.81. The van der Waals surface area contributed by atoms with Gasteiger partial charge in [0.2, 0.25) is 5.91 Å². The minimum absolute atomic E-state index is 0.0284. The number of nitrogens with zero attached hydrogens (tertiary/aromatic N) is 3. The Labute approximate surface area is 148 Å². The quantitative estimate of drug-likeness (QED) is 0.760. The van der Waals surface area contributed by atoms with Gasteiger partial charge in [-0.25, -0.2) is 0 Å². The predicted molar refractivity (Wildman–Crippen MR) is 92.9 cm³/mol. The zero-order chi connectivity index (χ0) is 18.3. The topological polar surface area (TPSA) is 83.0 Å². The highest BCUT2D eigenvalue weighted by Crippen LogP contribution is 2.34. The molecule has 1 aromatic heterocycles. The number of piperidine rings is 1. The summed E-state index contributed by atoms with van der Waals surface area (Å²) < 4.78 is 5.07. The molecule has 0 saturated carbocycles. The summed E-state index contributed by atoms with van der Waals surface area (Å²) in [5.74, 6) is -0.869. The summed E-state index contributed by atoms with van der Waals surface area (Å²) in [6.45, 7) is 2.17. The molecule has 2 heterocycles. The number of rotatable bonds is 8. The molecule has 1 atom stereocenters. The monoisotopic (exact) mass is 349 g/mol. The van der Waals surface area contributed by atoms with E-state index in [1.807, 2.05) is 24.1 Å². The van der Waals surface area contributed by atoms with E-state index in [1.165, 1.54) is 0 Å². The maximum absolute atomic E-state index is 12.6. The van der Waals surface area contributed by atoms with Crippen LogP contribution in [0.25, 0.3) is 0 Å². The van der Waals surface area contributed by atoms with Gasteiger partial charge in [-0.3, -0.25) is 19.5 Å². The van der Waals surface area contributed by atoms with E-state index >= 15 is 0 Å². The van der Waals surface area contributed by atoms with Crippen molar-refractivity contribution in [2.75, 3.05) is 40.4 Å². The summed E-state index contributed by atoms with van der Waals surface area (Å²) in [6.07, 6.45) is 5.17. The van der Waals surface area contributed by atoms with Gasteiger partial charge in [-0.2, -0.15) is 0 Å². The normalized spacial score (nSPS) is 20.7. The van der Waals surface area contributed by atoms with Crippen molar-refractivity contribution >= 4 is 11.9 Å². The zero-order valence-electron chi connectivity index (χ0n) is 15.0. The molecule has 138 valence electrons. The number of carbonyl (C=O) groups excluding carboxylic acids is 1. The average molecular weight is 349 g/mol. The largest absolute Gasteiger partial charge is 0.481 e. The molecule has 2 rings (SSSR count). The Morgan fingerprint density at radius 2 is 2.12 bits per heavy atom. The molecule has 0 bridgehead atoms. The second-order valence-corrected chi connectivity index (χ2v) is 6.77. The number of hydrogen-bond donors (Lipinski definition) is 1. The zero-order valence-corrected chi connectivity index (χ0v) is 15.0. The van der Waals surface area contributed by atoms with E-state index in [0.717, 1.165) is 5.56 Å². The summed E-state index contributed by atoms with van der Waals surface area (Å²) >= 11 is 0. The van der Waals surface area contributed by atoms with Gasteiger partial charge in [0.05, 0.1) is 12.0 Å². The molecule has 7 heteroatoms. The van der Waals surface area contributed by atoms with E-state index < -0.39 is 11.4 Å². The Morgan fingerprint density at radius 1 is 1.40 bits per heavy atom. The SMILES string of the molecule is COCC[C@@]1(C(=O)O)CCCN(C(=O)CN(C)Cc2ccncc2)C1. The molecule has 0 spiro atoms. The van der Waals surface area contributed by atoms with Crippen molar-refractivity contribution in [1.82, 2.24) is 14.8 Å². The molecule has 1 fully saturated rings. The van der Waals surface area contributed by atoms with Crippen LogP contribution in [0.15, 0.2) is 24.5 Å². The average Bonchev–Trinajstić information content (AvgIpc) is 2.60. The van der Waals surface area contributed by atoms with Crippen LogP contribution in [0.1, 0.15) is 24.8 Å². The summed E-state index contributed by atoms with van der Waals surface area (Å²) in [4.78, 5) is 32.0. The van der Waals surface area contributed by atoms with E-state index in [4.69, 9.17) is 4.74 Å². The summed E-state index contributed by atoms with van der Waals surface area (Å²) in [5, 5.41) is 9.68. The van der Waals surface area contributed by atoms with E-state index in [9.17, 15) is 14.7 Å². The smallest absolute Gasteiger partial charge is 0.311 e. The van der Waals surface area contributed by atoms with Crippen molar-refractivity contribution in [2.45, 2.75) is 25.8 Å². The Bertz CT molecular complexity index is 581. The maximum Gasteiger partial charge on any atom is 0.311 e. The van der Waals surface area contributed by atoms with Crippen molar-refractivity contribution in [3.8, 4) is 0 Å². The molecule has 1 aliphatic heterocycles. The third-order valence-corrected chi connectivity index (χ3v) is 4.78. The third-order valence-electron chi connectivity index (χ3n) is 4.78. The molecule has 1 N–H and O–H groups in total. The molecular weight excluding hydrogens is 322 g/mol. The number of hydrogen-bond acceptors (Lipinski definition) is 5. The van der Waals surface area contributed by atoms with Gasteiger partial charge in [-0.1, -0.05) is 0 Å². The fraction of sp³-hybridized carbons (Fsp3) is 0.611. The molecule has 1 amide bonds. The number of aliphatic carboxylic acids is 1. The standard InChI is InChI=1S/C18H27N3O4/c1-20(12-15-4-8-19-9-5-15)13-16(22)21-10-3-6-18(14-21,17(23)24)7-11-25-2/h4-5,8-9H,3,6-7,10-14H2,1-2H3,(H,23,24)/t18-/m0/s1. The first-order valence-electron chi connectivity index (χ1n) is 8.54. The fourth-order valence-corrected chi connectivity index (χ4v) is 3.31. The van der Waals surface area contributed by atoms with E-state index in [0.29, 0.717) is 39.0 Å². The fourth-order valence-electron chi connectivity index (χ4n) is 3.31. The van der Waals surface area contributed by atoms with Crippen molar-refractivity contribution in [3.63, 3.8) is 0 Å². The molecule has 0 radical (unpaired) electrons. The number of pyridine rings is 1. The first kappa shape index (κ1) is 19.3. The van der Waals surface area contributed by atoms with Crippen LogP contribution in [0.3, 0.4) is 0 Å². The van der Waals surface area contributed by atoms with Gasteiger partial charge in [0, 0.05) is 45.7 Å². The van der Waals surface area contributed by atoms with Gasteiger partial charge >= 0.3 is 5.97 Å². The molecule has 1 aromatic rings. The highest BCUT2D eigenvalue weighted by atomic mass is 16.5. The van der Waals surface area contributed by atoms with Crippen LogP contribution >= 0.6 is 0 Å². The molecule has 7 nitrogen and oxygen atoms in total. The van der Waals surface area contributed by atoms with Crippen LogP contribution in [-0.2, 0) is 20.9 Å². The molecule has 1 saturated heterocycles. The van der Waals surface area contributed by atoms with Crippen LogP contribution in [0.5, 0.6) is 0 Å². The number of ether oxygens (including phenoxy) is 1. The lowest BCUT2D eigenvalue weighted by Crippen LogP contribution is -2.52. The minimum atomic E-state index is -0.895. The Hall–Kier alpha value is -1.99. The number of likely N-dealkylation sites (N-methyl/N-ethyl adjacent to an activating group) is 1. The molecular formula is C18H27N3O4. The third kappa shape index (κ3) is 5.24. The van der Waals surface area contributed by atoms with Crippen LogP contribution < -0.4 is 0 Å². The number of amides is 1. The summed E-state index contributed by atoms with van der Waals surface area (Å²) in [5.41, 5.74) is 0.192. The number of carboxylic acid groups (broad SMARTS) is 1. The number of carbonyl (C=O) groups is 2. The molecule has 0 aliphatic carbocycles. The first-order valence-corrected chi connectivity index (χ1v) is 8.54. The van der Waals surface area contributed by atoms with Crippen molar-refractivity contribution in [2.24, 2.45) is 5.41 Å². The second-order valence-electron chi connectivity index (χ2n) is 6.77. The van der Waals surface area contributed by atoms with Gasteiger partial charge < -0.3 is 14.7 Å². The van der Waals surface area contributed by atoms with Gasteiger partial charge in [0.25, 0.3) is 0 Å². The van der Waals surface area contributed by atoms with Gasteiger partial charge in [0.1, 0.15) is 0 Å². The molecule has 0 unspecified atom stereocenters. The number of methoxy groups -OCH3 is 1. The molecule has 0 aromatic carbocycles. The van der Waals surface area contributed by atoms with Crippen LogP contribution in [0.4, 0.5) is 0 Å². The predicted octanol–water partition coefficient (Wildman–Crippen LogP) is 1.24. The van der Waals surface area contributed by atoms with E-state index in [-0.39, 0.29) is 19.0 Å². The summed E-state index contributed by atoms with van der Waals surface area (Å²) in [7, 11) is 3.45. The first-order chi connectivity index (χ1) is 12.0. The van der Waals surface area contributed by atoms with Gasteiger partial charge in [-0.15, -0.1) is 0 Å².